The van der Waals surface area contributed by atoms with Gasteiger partial charge in [-0.15, -0.1) is 0 Å². The lowest BCUT2D eigenvalue weighted by Gasteiger charge is -2.15. The van der Waals surface area contributed by atoms with Crippen molar-refractivity contribution >= 4 is 44.4 Å². The molecule has 0 unspecified atom stereocenters. The predicted molar refractivity (Wildman–Crippen MR) is 160 cm³/mol. The van der Waals surface area contributed by atoms with Gasteiger partial charge in [-0.1, -0.05) is 64.5 Å². The highest BCUT2D eigenvalue weighted by Crippen LogP contribution is 2.31. The van der Waals surface area contributed by atoms with Gasteiger partial charge >= 0.3 is 5.97 Å². The number of aromatic nitrogens is 1. The molecule has 1 heterocycles. The summed E-state index contributed by atoms with van der Waals surface area (Å²) < 4.78 is 12.3. The van der Waals surface area contributed by atoms with Gasteiger partial charge in [0, 0.05) is 21.1 Å². The summed E-state index contributed by atoms with van der Waals surface area (Å²) in [6.07, 6.45) is 0. The number of carbonyl (C=O) groups excluding carboxylic acids is 2. The molecule has 0 atom stereocenters. The number of anilines is 1. The number of aryl methyl sites for hydroxylation is 1. The van der Waals surface area contributed by atoms with Crippen molar-refractivity contribution in [1.29, 1.82) is 0 Å². The lowest BCUT2D eigenvalue weighted by molar-refractivity contribution is -0.119. The van der Waals surface area contributed by atoms with Gasteiger partial charge in [0.2, 0.25) is 0 Å². The third kappa shape index (κ3) is 6.21. The smallest absolute Gasteiger partial charge is 0.339 e. The molecule has 0 fully saturated rings. The molecule has 200 valence electrons. The normalized spacial score (nSPS) is 10.8. The molecule has 40 heavy (non-hydrogen) atoms. The Bertz CT molecular complexity index is 1690. The predicted octanol–water partition coefficient (Wildman–Crippen LogP) is 7.66. The largest absolute Gasteiger partial charge is 0.489 e. The summed E-state index contributed by atoms with van der Waals surface area (Å²) in [5, 5.41) is 3.44. The van der Waals surface area contributed by atoms with Crippen molar-refractivity contribution in [3.05, 3.63) is 124 Å². The fourth-order valence-corrected chi connectivity index (χ4v) is 4.67. The standard InChI is InChI=1S/C33H27BrN2O4/c1-21-18-25(14-17-28(21)34)35-30(37)20-40-33(38)31-22(2)32(36-29-11-7-6-10-27(29)31)24-12-15-26(16-13-24)39-19-23-8-4-3-5-9-23/h3-18H,19-20H2,1-2H3,(H,35,37). The van der Waals surface area contributed by atoms with E-state index >= 15 is 0 Å². The van der Waals surface area contributed by atoms with Gasteiger partial charge < -0.3 is 14.8 Å². The SMILES string of the molecule is Cc1cc(NC(=O)COC(=O)c2c(C)c(-c3ccc(OCc4ccccc4)cc3)nc3ccccc23)ccc1Br. The zero-order valence-electron chi connectivity index (χ0n) is 22.1. The first kappa shape index (κ1) is 27.1. The van der Waals surface area contributed by atoms with E-state index in [-0.39, 0.29) is 0 Å². The average molecular weight is 595 g/mol. The van der Waals surface area contributed by atoms with E-state index in [1.54, 1.807) is 6.07 Å². The molecule has 0 spiro atoms. The maximum Gasteiger partial charge on any atom is 0.339 e. The molecule has 7 heteroatoms. The van der Waals surface area contributed by atoms with Crippen molar-refractivity contribution in [1.82, 2.24) is 4.98 Å². The summed E-state index contributed by atoms with van der Waals surface area (Å²) in [5.41, 5.74) is 5.92. The molecule has 0 aliphatic heterocycles. The average Bonchev–Trinajstić information content (AvgIpc) is 2.97. The summed E-state index contributed by atoms with van der Waals surface area (Å²) in [6, 6.07) is 30.5. The Labute approximate surface area is 241 Å². The van der Waals surface area contributed by atoms with Crippen molar-refractivity contribution in [2.24, 2.45) is 0 Å². The first-order chi connectivity index (χ1) is 19.4. The Balaban J connectivity index is 1.35. The zero-order chi connectivity index (χ0) is 28.1. The van der Waals surface area contributed by atoms with Crippen LogP contribution in [0.5, 0.6) is 5.75 Å². The van der Waals surface area contributed by atoms with Crippen molar-refractivity contribution in [2.45, 2.75) is 20.5 Å². The summed E-state index contributed by atoms with van der Waals surface area (Å²) in [6.45, 7) is 3.83. The van der Waals surface area contributed by atoms with Crippen molar-refractivity contribution in [3.63, 3.8) is 0 Å². The number of rotatable bonds is 8. The number of amides is 1. The number of nitrogens with one attached hydrogen (secondary N) is 1. The minimum absolute atomic E-state index is 0.386. The van der Waals surface area contributed by atoms with Crippen LogP contribution in [0.1, 0.15) is 27.0 Å². The highest BCUT2D eigenvalue weighted by molar-refractivity contribution is 9.10. The first-order valence-corrected chi connectivity index (χ1v) is 13.6. The Kier molecular flexibility index (Phi) is 8.22. The Morgan fingerprint density at radius 3 is 2.35 bits per heavy atom. The van der Waals surface area contributed by atoms with Crippen molar-refractivity contribution in [3.8, 4) is 17.0 Å². The molecule has 1 aromatic heterocycles. The van der Waals surface area contributed by atoms with E-state index in [2.05, 4.69) is 21.2 Å². The van der Waals surface area contributed by atoms with E-state index in [9.17, 15) is 9.59 Å². The molecule has 1 amide bonds. The van der Waals surface area contributed by atoms with Gasteiger partial charge in [-0.3, -0.25) is 4.79 Å². The van der Waals surface area contributed by atoms with E-state index < -0.39 is 18.5 Å². The van der Waals surface area contributed by atoms with Crippen LogP contribution in [0.3, 0.4) is 0 Å². The molecule has 5 rings (SSSR count). The van der Waals surface area contributed by atoms with Crippen LogP contribution in [0, 0.1) is 13.8 Å². The van der Waals surface area contributed by atoms with Gasteiger partial charge in [-0.25, -0.2) is 9.78 Å². The molecule has 0 aliphatic rings. The monoisotopic (exact) mass is 594 g/mol. The summed E-state index contributed by atoms with van der Waals surface area (Å²) in [7, 11) is 0. The molecule has 0 saturated carbocycles. The molecule has 6 nitrogen and oxygen atoms in total. The van der Waals surface area contributed by atoms with Crippen LogP contribution in [-0.2, 0) is 16.1 Å². The van der Waals surface area contributed by atoms with Gasteiger partial charge in [0.15, 0.2) is 6.61 Å². The zero-order valence-corrected chi connectivity index (χ0v) is 23.7. The van der Waals surface area contributed by atoms with Crippen molar-refractivity contribution < 1.29 is 19.1 Å². The Morgan fingerprint density at radius 2 is 1.60 bits per heavy atom. The molecular weight excluding hydrogens is 568 g/mol. The number of hydrogen-bond donors (Lipinski definition) is 1. The van der Waals surface area contributed by atoms with Gasteiger partial charge in [0.25, 0.3) is 5.91 Å². The molecule has 1 N–H and O–H groups in total. The number of pyridine rings is 1. The minimum atomic E-state index is -0.581. The topological polar surface area (TPSA) is 77.5 Å². The second-order valence-electron chi connectivity index (χ2n) is 9.36. The Hall–Kier alpha value is -4.49. The maximum atomic E-state index is 13.3. The number of fused-ring (bicyclic) bond motifs is 1. The molecule has 0 saturated heterocycles. The third-order valence-electron chi connectivity index (χ3n) is 6.49. The molecule has 0 bridgehead atoms. The number of ether oxygens (including phenoxy) is 2. The number of halogens is 1. The lowest BCUT2D eigenvalue weighted by atomic mass is 9.97. The summed E-state index contributed by atoms with van der Waals surface area (Å²) >= 11 is 3.45. The number of nitrogens with zero attached hydrogens (tertiary/aromatic N) is 1. The molecule has 5 aromatic rings. The highest BCUT2D eigenvalue weighted by atomic mass is 79.9. The number of carbonyl (C=O) groups is 2. The van der Waals surface area contributed by atoms with Gasteiger partial charge in [0.05, 0.1) is 16.8 Å². The summed E-state index contributed by atoms with van der Waals surface area (Å²) in [4.78, 5) is 30.7. The number of esters is 1. The third-order valence-corrected chi connectivity index (χ3v) is 7.38. The highest BCUT2D eigenvalue weighted by Gasteiger charge is 2.21. The van der Waals surface area contributed by atoms with Gasteiger partial charge in [-0.2, -0.15) is 0 Å². The number of hydrogen-bond acceptors (Lipinski definition) is 5. The molecular formula is C33H27BrN2O4. The maximum absolute atomic E-state index is 13.3. The second kappa shape index (κ2) is 12.1. The molecule has 0 radical (unpaired) electrons. The number of benzene rings is 4. The van der Waals surface area contributed by atoms with E-state index in [0.29, 0.717) is 40.0 Å². The van der Waals surface area contributed by atoms with Crippen LogP contribution in [0.15, 0.2) is 102 Å². The van der Waals surface area contributed by atoms with Crippen molar-refractivity contribution in [2.75, 3.05) is 11.9 Å². The number of para-hydroxylation sites is 1. The lowest BCUT2D eigenvalue weighted by Crippen LogP contribution is -2.21. The minimum Gasteiger partial charge on any atom is -0.489 e. The van der Waals surface area contributed by atoms with Crippen LogP contribution in [-0.4, -0.2) is 23.5 Å². The quantitative estimate of drug-likeness (QED) is 0.187. The van der Waals surface area contributed by atoms with Crippen LogP contribution >= 0.6 is 15.9 Å². The van der Waals surface area contributed by atoms with E-state index in [1.165, 1.54) is 0 Å². The van der Waals surface area contributed by atoms with Gasteiger partial charge in [-0.05, 0) is 79.1 Å². The van der Waals surface area contributed by atoms with E-state index in [0.717, 1.165) is 26.9 Å². The van der Waals surface area contributed by atoms with Crippen LogP contribution in [0.2, 0.25) is 0 Å². The van der Waals surface area contributed by atoms with E-state index in [1.807, 2.05) is 105 Å². The fraction of sp³-hybridized carbons (Fsp3) is 0.121. The summed E-state index contributed by atoms with van der Waals surface area (Å²) in [5.74, 6) is -0.266. The molecule has 4 aromatic carbocycles. The van der Waals surface area contributed by atoms with E-state index in [4.69, 9.17) is 14.5 Å². The van der Waals surface area contributed by atoms with Gasteiger partial charge in [0.1, 0.15) is 12.4 Å². The van der Waals surface area contributed by atoms with Crippen LogP contribution in [0.25, 0.3) is 22.2 Å². The first-order valence-electron chi connectivity index (χ1n) is 12.8. The Morgan fingerprint density at radius 1 is 0.875 bits per heavy atom. The second-order valence-corrected chi connectivity index (χ2v) is 10.2. The molecule has 0 aliphatic carbocycles. The van der Waals surface area contributed by atoms with Crippen LogP contribution in [0.4, 0.5) is 5.69 Å². The van der Waals surface area contributed by atoms with Crippen LogP contribution < -0.4 is 10.1 Å². The fourth-order valence-electron chi connectivity index (χ4n) is 4.42.